The molecule has 1 fully saturated rings. The van der Waals surface area contributed by atoms with Crippen molar-refractivity contribution in [2.75, 3.05) is 33.4 Å². The van der Waals surface area contributed by atoms with Crippen molar-refractivity contribution in [1.29, 1.82) is 0 Å². The summed E-state index contributed by atoms with van der Waals surface area (Å²) in [4.78, 5) is 5.01. The number of aryl methyl sites for hydroxylation is 1. The topological polar surface area (TPSA) is 54.9 Å². The maximum atomic E-state index is 5.71. The fourth-order valence-corrected chi connectivity index (χ4v) is 3.99. The van der Waals surface area contributed by atoms with Gasteiger partial charge in [0, 0.05) is 36.8 Å². The summed E-state index contributed by atoms with van der Waals surface area (Å²) in [6.07, 6.45) is 8.52. The highest BCUT2D eigenvalue weighted by atomic mass is 16.5. The van der Waals surface area contributed by atoms with Crippen molar-refractivity contribution in [3.8, 4) is 5.75 Å². The van der Waals surface area contributed by atoms with Crippen LogP contribution < -0.4 is 15.4 Å². The molecule has 2 N–H and O–H groups in total. The van der Waals surface area contributed by atoms with E-state index < -0.39 is 0 Å². The van der Waals surface area contributed by atoms with E-state index in [-0.39, 0.29) is 5.41 Å². The maximum Gasteiger partial charge on any atom is 0.191 e. The van der Waals surface area contributed by atoms with Crippen molar-refractivity contribution in [2.24, 2.45) is 4.99 Å². The van der Waals surface area contributed by atoms with Gasteiger partial charge in [0.1, 0.15) is 5.75 Å². The van der Waals surface area contributed by atoms with E-state index in [2.05, 4.69) is 54.8 Å². The average molecular weight is 372 g/mol. The van der Waals surface area contributed by atoms with Gasteiger partial charge in [-0.3, -0.25) is 4.99 Å². The van der Waals surface area contributed by atoms with Gasteiger partial charge in [0.25, 0.3) is 0 Å². The zero-order chi connectivity index (χ0) is 19.1. The van der Waals surface area contributed by atoms with Crippen molar-refractivity contribution < 1.29 is 9.47 Å². The molecule has 1 saturated heterocycles. The number of nitrogens with zero attached hydrogens (tertiary/aromatic N) is 1. The molecule has 5 nitrogen and oxygen atoms in total. The third-order valence-corrected chi connectivity index (χ3v) is 5.61. The minimum Gasteiger partial charge on any atom is -0.496 e. The molecule has 1 aliphatic carbocycles. The zero-order valence-electron chi connectivity index (χ0n) is 16.9. The molecule has 0 bridgehead atoms. The van der Waals surface area contributed by atoms with Crippen LogP contribution in [0.3, 0.4) is 0 Å². The number of nitrogens with one attached hydrogen (secondary N) is 2. The Morgan fingerprint density at radius 2 is 2.00 bits per heavy atom. The van der Waals surface area contributed by atoms with Crippen LogP contribution in [0.1, 0.15) is 43.7 Å². The maximum absolute atomic E-state index is 5.71. The molecule has 0 spiro atoms. The van der Waals surface area contributed by atoms with Gasteiger partial charge in [0.2, 0.25) is 0 Å². The van der Waals surface area contributed by atoms with E-state index in [1.165, 1.54) is 11.1 Å². The van der Waals surface area contributed by atoms with Gasteiger partial charge in [0.15, 0.2) is 5.96 Å². The van der Waals surface area contributed by atoms with Crippen LogP contribution in [0.2, 0.25) is 0 Å². The number of ether oxygens (including phenoxy) is 2. The second kappa shape index (κ2) is 9.27. The lowest BCUT2D eigenvalue weighted by atomic mass is 9.73. The molecule has 1 heterocycles. The molecular formula is C22H33N3O2. The zero-order valence-corrected chi connectivity index (χ0v) is 16.9. The lowest BCUT2D eigenvalue weighted by Crippen LogP contribution is -2.44. The summed E-state index contributed by atoms with van der Waals surface area (Å²) in [6.45, 7) is 7.36. The first-order valence-electron chi connectivity index (χ1n) is 10.1. The Kier molecular flexibility index (Phi) is 6.78. The summed E-state index contributed by atoms with van der Waals surface area (Å²) in [6, 6.07) is 6.90. The average Bonchev–Trinajstić information content (AvgIpc) is 3.20. The molecule has 27 heavy (non-hydrogen) atoms. The van der Waals surface area contributed by atoms with Crippen LogP contribution in [0, 0.1) is 6.92 Å². The molecule has 0 radical (unpaired) electrons. The quantitative estimate of drug-likeness (QED) is 0.458. The lowest BCUT2D eigenvalue weighted by molar-refractivity contribution is 0.0522. The summed E-state index contributed by atoms with van der Waals surface area (Å²) < 4.78 is 11.4. The van der Waals surface area contributed by atoms with E-state index in [0.29, 0.717) is 6.04 Å². The third-order valence-electron chi connectivity index (χ3n) is 5.61. The largest absolute Gasteiger partial charge is 0.496 e. The summed E-state index contributed by atoms with van der Waals surface area (Å²) in [7, 11) is 1.75. The first-order chi connectivity index (χ1) is 13.2. The second-order valence-corrected chi connectivity index (χ2v) is 7.58. The van der Waals surface area contributed by atoms with E-state index in [1.54, 1.807) is 7.11 Å². The fraction of sp³-hybridized carbons (Fsp3) is 0.591. The minimum absolute atomic E-state index is 0.0497. The number of benzene rings is 1. The van der Waals surface area contributed by atoms with E-state index >= 15 is 0 Å². The number of aliphatic imine (C=N–C) groups is 1. The van der Waals surface area contributed by atoms with Gasteiger partial charge in [-0.05, 0) is 45.6 Å². The van der Waals surface area contributed by atoms with Gasteiger partial charge < -0.3 is 20.1 Å². The summed E-state index contributed by atoms with van der Waals surface area (Å²) in [5.74, 6) is 1.86. The van der Waals surface area contributed by atoms with E-state index in [0.717, 1.165) is 63.7 Å². The molecule has 0 amide bonds. The SMILES string of the molecule is CCNC(=NCC1(c2cc(C)ccc2OC)CCOCC1)NC1CC=CC1. The Bertz CT molecular complexity index is 670. The van der Waals surface area contributed by atoms with Crippen molar-refractivity contribution in [3.05, 3.63) is 41.5 Å². The van der Waals surface area contributed by atoms with Gasteiger partial charge in [0.05, 0.1) is 13.7 Å². The van der Waals surface area contributed by atoms with Crippen molar-refractivity contribution in [2.45, 2.75) is 51.0 Å². The molecule has 3 rings (SSSR count). The van der Waals surface area contributed by atoms with Crippen LogP contribution in [0.25, 0.3) is 0 Å². The van der Waals surface area contributed by atoms with Crippen molar-refractivity contribution in [3.63, 3.8) is 0 Å². The normalized spacial score (nSPS) is 19.9. The molecular weight excluding hydrogens is 338 g/mol. The smallest absolute Gasteiger partial charge is 0.191 e. The van der Waals surface area contributed by atoms with E-state index in [1.807, 2.05) is 0 Å². The van der Waals surface area contributed by atoms with E-state index in [4.69, 9.17) is 14.5 Å². The highest BCUT2D eigenvalue weighted by Crippen LogP contribution is 2.40. The van der Waals surface area contributed by atoms with Crippen LogP contribution in [0.5, 0.6) is 5.75 Å². The molecule has 5 heteroatoms. The first-order valence-corrected chi connectivity index (χ1v) is 10.1. The molecule has 0 unspecified atom stereocenters. The monoisotopic (exact) mass is 371 g/mol. The summed E-state index contributed by atoms with van der Waals surface area (Å²) >= 11 is 0. The molecule has 0 saturated carbocycles. The predicted molar refractivity (Wildman–Crippen MR) is 111 cm³/mol. The number of hydrogen-bond donors (Lipinski definition) is 2. The molecule has 2 aliphatic rings. The molecule has 1 aromatic rings. The number of methoxy groups -OCH3 is 1. The van der Waals surface area contributed by atoms with Crippen LogP contribution in [0.15, 0.2) is 35.3 Å². The Morgan fingerprint density at radius 3 is 2.67 bits per heavy atom. The minimum atomic E-state index is -0.0497. The Morgan fingerprint density at radius 1 is 1.26 bits per heavy atom. The summed E-state index contributed by atoms with van der Waals surface area (Å²) in [5.41, 5.74) is 2.46. The lowest BCUT2D eigenvalue weighted by Gasteiger charge is -2.37. The third kappa shape index (κ3) is 4.83. The van der Waals surface area contributed by atoms with Gasteiger partial charge >= 0.3 is 0 Å². The molecule has 0 aromatic heterocycles. The van der Waals surface area contributed by atoms with Crippen LogP contribution >= 0.6 is 0 Å². The Hall–Kier alpha value is -2.01. The van der Waals surface area contributed by atoms with Crippen molar-refractivity contribution >= 4 is 5.96 Å². The first kappa shape index (κ1) is 19.7. The van der Waals surface area contributed by atoms with Crippen LogP contribution in [-0.4, -0.2) is 45.4 Å². The Labute approximate surface area is 163 Å². The van der Waals surface area contributed by atoms with Gasteiger partial charge in [-0.25, -0.2) is 0 Å². The summed E-state index contributed by atoms with van der Waals surface area (Å²) in [5, 5.41) is 6.99. The highest BCUT2D eigenvalue weighted by Gasteiger charge is 2.37. The van der Waals surface area contributed by atoms with Crippen molar-refractivity contribution in [1.82, 2.24) is 10.6 Å². The molecule has 148 valence electrons. The highest BCUT2D eigenvalue weighted by molar-refractivity contribution is 5.80. The number of rotatable bonds is 6. The van der Waals surface area contributed by atoms with Gasteiger partial charge in [-0.2, -0.15) is 0 Å². The number of guanidine groups is 1. The second-order valence-electron chi connectivity index (χ2n) is 7.58. The fourth-order valence-electron chi connectivity index (χ4n) is 3.99. The predicted octanol–water partition coefficient (Wildman–Crippen LogP) is 3.33. The van der Waals surface area contributed by atoms with Gasteiger partial charge in [-0.15, -0.1) is 0 Å². The van der Waals surface area contributed by atoms with Crippen LogP contribution in [0.4, 0.5) is 0 Å². The van der Waals surface area contributed by atoms with E-state index in [9.17, 15) is 0 Å². The standard InChI is InChI=1S/C22H33N3O2/c1-4-23-21(25-18-7-5-6-8-18)24-16-22(11-13-27-14-12-22)19-15-17(2)9-10-20(19)26-3/h5-6,9-10,15,18H,4,7-8,11-14,16H2,1-3H3,(H2,23,24,25). The molecule has 1 aliphatic heterocycles. The van der Waals surface area contributed by atoms with Crippen LogP contribution in [-0.2, 0) is 10.2 Å². The Balaban J connectivity index is 1.86. The number of hydrogen-bond acceptors (Lipinski definition) is 3. The van der Waals surface area contributed by atoms with Gasteiger partial charge in [-0.1, -0.05) is 29.8 Å². The molecule has 1 aromatic carbocycles. The molecule has 0 atom stereocenters.